The Bertz CT molecular complexity index is 1160. The highest BCUT2D eigenvalue weighted by Crippen LogP contribution is 2.41. The minimum Gasteiger partial charge on any atom is -0.322 e. The van der Waals surface area contributed by atoms with Crippen molar-refractivity contribution in [1.82, 2.24) is 19.7 Å². The first-order valence-electron chi connectivity index (χ1n) is 11.8. The van der Waals surface area contributed by atoms with Gasteiger partial charge in [0.25, 0.3) is 5.91 Å². The summed E-state index contributed by atoms with van der Waals surface area (Å²) < 4.78 is 1.97. The second-order valence-electron chi connectivity index (χ2n) is 10.3. The highest BCUT2D eigenvalue weighted by Gasteiger charge is 2.30. The van der Waals surface area contributed by atoms with Crippen LogP contribution >= 0.6 is 0 Å². The summed E-state index contributed by atoms with van der Waals surface area (Å²) >= 11 is 0. The van der Waals surface area contributed by atoms with Crippen molar-refractivity contribution in [3.63, 3.8) is 0 Å². The molecule has 2 fully saturated rings. The van der Waals surface area contributed by atoms with Crippen LogP contribution in [0.2, 0.25) is 0 Å². The highest BCUT2D eigenvalue weighted by atomic mass is 16.1. The van der Waals surface area contributed by atoms with E-state index in [1.165, 1.54) is 12.8 Å². The smallest absolute Gasteiger partial charge is 0.256 e. The zero-order valence-electron chi connectivity index (χ0n) is 19.6. The minimum atomic E-state index is -0.211. The van der Waals surface area contributed by atoms with Crippen molar-refractivity contribution in [2.24, 2.45) is 0 Å². The summed E-state index contributed by atoms with van der Waals surface area (Å²) in [7, 11) is 0. The van der Waals surface area contributed by atoms with Crippen molar-refractivity contribution in [3.05, 3.63) is 52.8 Å². The van der Waals surface area contributed by atoms with Crippen molar-refractivity contribution >= 4 is 22.6 Å². The van der Waals surface area contributed by atoms with Gasteiger partial charge in [0.2, 0.25) is 0 Å². The Kier molecular flexibility index (Phi) is 5.28. The van der Waals surface area contributed by atoms with E-state index in [0.29, 0.717) is 11.5 Å². The molecule has 168 valence electrons. The van der Waals surface area contributed by atoms with Gasteiger partial charge in [-0.15, -0.1) is 0 Å². The second kappa shape index (κ2) is 8.00. The van der Waals surface area contributed by atoms with Crippen LogP contribution in [0.3, 0.4) is 0 Å². The number of fused-ring (bicyclic) bond motifs is 1. The van der Waals surface area contributed by atoms with Crippen molar-refractivity contribution in [2.75, 3.05) is 18.4 Å². The number of amides is 1. The largest absolute Gasteiger partial charge is 0.322 e. The normalized spacial score (nSPS) is 17.2. The Balaban J connectivity index is 1.54. The molecule has 1 saturated heterocycles. The van der Waals surface area contributed by atoms with Gasteiger partial charge in [0, 0.05) is 23.8 Å². The number of rotatable bonds is 5. The lowest BCUT2D eigenvalue weighted by Crippen LogP contribution is -2.24. The van der Waals surface area contributed by atoms with Crippen LogP contribution in [0.4, 0.5) is 5.69 Å². The van der Waals surface area contributed by atoms with E-state index in [0.717, 1.165) is 66.1 Å². The number of aryl methyl sites for hydroxylation is 1. The molecule has 3 heterocycles. The van der Waals surface area contributed by atoms with E-state index >= 15 is 0 Å². The maximum absolute atomic E-state index is 13.6. The molecule has 6 heteroatoms. The molecular weight excluding hydrogens is 398 g/mol. The van der Waals surface area contributed by atoms with Gasteiger partial charge in [-0.25, -0.2) is 9.67 Å². The van der Waals surface area contributed by atoms with E-state index < -0.39 is 0 Å². The van der Waals surface area contributed by atoms with Gasteiger partial charge < -0.3 is 5.32 Å². The second-order valence-corrected chi connectivity index (χ2v) is 10.3. The van der Waals surface area contributed by atoms with Gasteiger partial charge in [0.05, 0.1) is 22.2 Å². The maximum atomic E-state index is 13.6. The third kappa shape index (κ3) is 4.04. The third-order valence-electron chi connectivity index (χ3n) is 6.57. The fraction of sp³-hybridized carbons (Fsp3) is 0.500. The Morgan fingerprint density at radius 1 is 1.16 bits per heavy atom. The van der Waals surface area contributed by atoms with E-state index in [1.807, 2.05) is 29.8 Å². The molecule has 1 saturated carbocycles. The summed E-state index contributed by atoms with van der Waals surface area (Å²) in [5.41, 5.74) is 5.20. The Morgan fingerprint density at radius 2 is 1.88 bits per heavy atom. The number of para-hydroxylation sites is 1. The van der Waals surface area contributed by atoms with Gasteiger partial charge in [-0.1, -0.05) is 18.2 Å². The number of carbonyl (C=O) groups is 1. The number of carbonyl (C=O) groups excluding carboxylic acids is 1. The first kappa shape index (κ1) is 21.1. The van der Waals surface area contributed by atoms with Crippen molar-refractivity contribution in [3.8, 4) is 0 Å². The van der Waals surface area contributed by atoms with Gasteiger partial charge in [-0.3, -0.25) is 9.69 Å². The lowest BCUT2D eigenvalue weighted by Gasteiger charge is -2.20. The number of benzene rings is 1. The molecule has 1 N–H and O–H groups in total. The molecule has 0 radical (unpaired) electrons. The first-order chi connectivity index (χ1) is 15.3. The quantitative estimate of drug-likeness (QED) is 0.602. The van der Waals surface area contributed by atoms with E-state index in [-0.39, 0.29) is 11.4 Å². The van der Waals surface area contributed by atoms with Crippen molar-refractivity contribution in [1.29, 1.82) is 0 Å². The van der Waals surface area contributed by atoms with Gasteiger partial charge in [-0.05, 0) is 84.2 Å². The summed E-state index contributed by atoms with van der Waals surface area (Å²) in [6, 6.07) is 10.2. The van der Waals surface area contributed by atoms with Crippen LogP contribution in [-0.2, 0) is 12.1 Å². The Morgan fingerprint density at radius 3 is 2.56 bits per heavy atom. The summed E-state index contributed by atoms with van der Waals surface area (Å²) in [4.78, 5) is 21.1. The fourth-order valence-corrected chi connectivity index (χ4v) is 4.69. The number of anilines is 1. The zero-order valence-corrected chi connectivity index (χ0v) is 19.6. The minimum absolute atomic E-state index is 0.0790. The number of aromatic nitrogens is 3. The SMILES string of the molecule is Cc1nn(C(C)(C)C)c2nc(C3CC3)cc(C(=O)Nc3ccccc3CN3CCCC3)c12. The average molecular weight is 432 g/mol. The van der Waals surface area contributed by atoms with Crippen LogP contribution in [0, 0.1) is 6.92 Å². The van der Waals surface area contributed by atoms with Crippen molar-refractivity contribution < 1.29 is 4.79 Å². The third-order valence-corrected chi connectivity index (χ3v) is 6.57. The molecule has 1 amide bonds. The van der Waals surface area contributed by atoms with E-state index in [1.54, 1.807) is 0 Å². The molecule has 0 bridgehead atoms. The van der Waals surface area contributed by atoms with Crippen LogP contribution in [-0.4, -0.2) is 38.7 Å². The summed E-state index contributed by atoms with van der Waals surface area (Å²) in [6.45, 7) is 11.5. The molecule has 0 spiro atoms. The fourth-order valence-electron chi connectivity index (χ4n) is 4.69. The topological polar surface area (TPSA) is 63.1 Å². The van der Waals surface area contributed by atoms with E-state index in [2.05, 4.69) is 43.1 Å². The molecule has 1 aliphatic carbocycles. The average Bonchev–Trinajstić information content (AvgIpc) is 3.37. The molecule has 1 aliphatic heterocycles. The Labute approximate surface area is 190 Å². The monoisotopic (exact) mass is 431 g/mol. The number of likely N-dealkylation sites (tertiary alicyclic amines) is 1. The van der Waals surface area contributed by atoms with Crippen LogP contribution in [0.1, 0.15) is 79.7 Å². The molecule has 1 aromatic carbocycles. The molecule has 2 aliphatic rings. The molecule has 5 rings (SSSR count). The molecule has 2 aromatic heterocycles. The number of hydrogen-bond acceptors (Lipinski definition) is 4. The predicted octanol–water partition coefficient (Wildman–Crippen LogP) is 5.22. The van der Waals surface area contributed by atoms with Gasteiger partial charge >= 0.3 is 0 Å². The van der Waals surface area contributed by atoms with E-state index in [9.17, 15) is 4.79 Å². The van der Waals surface area contributed by atoms with Gasteiger partial charge in [0.1, 0.15) is 0 Å². The summed E-state index contributed by atoms with van der Waals surface area (Å²) in [6.07, 6.45) is 4.79. The lowest BCUT2D eigenvalue weighted by molar-refractivity contribution is 0.102. The zero-order chi connectivity index (χ0) is 22.5. The highest BCUT2D eigenvalue weighted by molar-refractivity contribution is 6.13. The maximum Gasteiger partial charge on any atom is 0.256 e. The summed E-state index contributed by atoms with van der Waals surface area (Å²) in [5.74, 6) is 0.377. The van der Waals surface area contributed by atoms with Crippen molar-refractivity contribution in [2.45, 2.75) is 71.4 Å². The van der Waals surface area contributed by atoms with Gasteiger partial charge in [0.15, 0.2) is 5.65 Å². The molecule has 0 unspecified atom stereocenters. The molecule has 32 heavy (non-hydrogen) atoms. The number of hydrogen-bond donors (Lipinski definition) is 1. The molecular formula is C26H33N5O. The van der Waals surface area contributed by atoms with Crippen LogP contribution in [0.5, 0.6) is 0 Å². The van der Waals surface area contributed by atoms with Crippen LogP contribution in [0.15, 0.2) is 30.3 Å². The predicted molar refractivity (Wildman–Crippen MR) is 128 cm³/mol. The molecule has 3 aromatic rings. The lowest BCUT2D eigenvalue weighted by atomic mass is 10.1. The Hall–Kier alpha value is -2.73. The van der Waals surface area contributed by atoms with Gasteiger partial charge in [-0.2, -0.15) is 5.10 Å². The summed E-state index contributed by atoms with van der Waals surface area (Å²) in [5, 5.41) is 8.87. The first-order valence-corrected chi connectivity index (χ1v) is 11.8. The number of pyridine rings is 1. The van der Waals surface area contributed by atoms with E-state index in [4.69, 9.17) is 10.1 Å². The molecule has 0 atom stereocenters. The number of nitrogens with zero attached hydrogens (tertiary/aromatic N) is 4. The standard InChI is InChI=1S/C26H33N5O/c1-17-23-20(15-22(18-11-12-18)27-24(23)31(29-17)26(2,3)4)25(32)28-21-10-6-5-9-19(21)16-30-13-7-8-14-30/h5-6,9-10,15,18H,7-8,11-14,16H2,1-4H3,(H,28,32). The van der Waals surface area contributed by atoms with Crippen LogP contribution in [0.25, 0.3) is 11.0 Å². The number of nitrogens with one attached hydrogen (secondary N) is 1. The molecule has 6 nitrogen and oxygen atoms in total. The van der Waals surface area contributed by atoms with Crippen LogP contribution < -0.4 is 5.32 Å².